The van der Waals surface area contributed by atoms with Crippen LogP contribution in [0.5, 0.6) is 11.5 Å². The maximum absolute atomic E-state index is 11.7. The molecule has 1 amide bonds. The summed E-state index contributed by atoms with van der Waals surface area (Å²) in [5, 5.41) is 15.9. The number of carbonyl (C=O) groups is 1. The quantitative estimate of drug-likeness (QED) is 0.287. The molecule has 0 unspecified atom stereocenters. The van der Waals surface area contributed by atoms with Gasteiger partial charge in [0.2, 0.25) is 5.91 Å². The van der Waals surface area contributed by atoms with Crippen molar-refractivity contribution in [3.05, 3.63) is 53.7 Å². The van der Waals surface area contributed by atoms with Crippen LogP contribution in [0, 0.1) is 11.3 Å². The number of aromatic nitrogens is 1. The summed E-state index contributed by atoms with van der Waals surface area (Å²) in [6.45, 7) is 3.53. The first kappa shape index (κ1) is 23.8. The number of anilines is 2. The minimum Gasteiger partial charge on any atom is -0.493 e. The Bertz CT molecular complexity index is 1160. The number of hydrogen-bond acceptors (Lipinski definition) is 7. The highest BCUT2D eigenvalue weighted by molar-refractivity contribution is 5.98. The Morgan fingerprint density at radius 3 is 2.76 bits per heavy atom. The molecule has 0 aliphatic heterocycles. The van der Waals surface area contributed by atoms with Crippen molar-refractivity contribution < 1.29 is 14.3 Å². The summed E-state index contributed by atoms with van der Waals surface area (Å²) in [7, 11) is 1.58. The molecule has 1 heterocycles. The van der Waals surface area contributed by atoms with Crippen LogP contribution in [-0.4, -0.2) is 37.7 Å². The first-order chi connectivity index (χ1) is 16.1. The fourth-order valence-electron chi connectivity index (χ4n) is 3.59. The fraction of sp³-hybridized carbons (Fsp3) is 0.320. The Labute approximate surface area is 193 Å². The number of ether oxygens (including phenoxy) is 2. The van der Waals surface area contributed by atoms with Gasteiger partial charge in [-0.1, -0.05) is 25.1 Å². The highest BCUT2D eigenvalue weighted by Crippen LogP contribution is 2.38. The minimum absolute atomic E-state index is 0.0619. The summed E-state index contributed by atoms with van der Waals surface area (Å²) >= 11 is 0. The molecule has 0 radical (unpaired) electrons. The second-order valence-corrected chi connectivity index (χ2v) is 7.49. The van der Waals surface area contributed by atoms with Gasteiger partial charge in [-0.05, 0) is 37.1 Å². The van der Waals surface area contributed by atoms with Gasteiger partial charge in [-0.2, -0.15) is 5.26 Å². The number of amides is 1. The van der Waals surface area contributed by atoms with Crippen molar-refractivity contribution in [2.45, 2.75) is 26.2 Å². The lowest BCUT2D eigenvalue weighted by Crippen LogP contribution is -2.17. The number of para-hydroxylation sites is 1. The van der Waals surface area contributed by atoms with Crippen molar-refractivity contribution in [1.82, 2.24) is 10.3 Å². The number of hydrogen-bond donors (Lipinski definition) is 3. The van der Waals surface area contributed by atoms with E-state index in [2.05, 4.69) is 28.6 Å². The first-order valence-electron chi connectivity index (χ1n) is 10.9. The average Bonchev–Trinajstić information content (AvgIpc) is 2.82. The molecule has 33 heavy (non-hydrogen) atoms. The molecule has 0 saturated heterocycles. The molecule has 0 aliphatic rings. The van der Waals surface area contributed by atoms with Gasteiger partial charge in [0.25, 0.3) is 0 Å². The molecular formula is C25H29N5O3. The third-order valence-electron chi connectivity index (χ3n) is 5.21. The molecule has 0 spiro atoms. The van der Waals surface area contributed by atoms with E-state index in [-0.39, 0.29) is 6.42 Å². The number of fused-ring (bicyclic) bond motifs is 1. The van der Waals surface area contributed by atoms with Gasteiger partial charge in [0.05, 0.1) is 44.0 Å². The van der Waals surface area contributed by atoms with Gasteiger partial charge in [-0.3, -0.25) is 9.78 Å². The molecule has 0 aliphatic carbocycles. The van der Waals surface area contributed by atoms with Crippen molar-refractivity contribution in [2.75, 3.05) is 32.1 Å². The van der Waals surface area contributed by atoms with Gasteiger partial charge >= 0.3 is 0 Å². The van der Waals surface area contributed by atoms with Crippen LogP contribution in [0.25, 0.3) is 10.9 Å². The zero-order valence-corrected chi connectivity index (χ0v) is 19.0. The van der Waals surface area contributed by atoms with Crippen LogP contribution in [0.3, 0.4) is 0 Å². The Morgan fingerprint density at radius 1 is 1.21 bits per heavy atom. The molecule has 8 nitrogen and oxygen atoms in total. The Hall–Kier alpha value is -3.83. The van der Waals surface area contributed by atoms with Crippen LogP contribution in [0.15, 0.2) is 42.6 Å². The maximum Gasteiger partial charge on any atom is 0.221 e. The molecule has 0 saturated carbocycles. The van der Waals surface area contributed by atoms with Crippen molar-refractivity contribution in [3.8, 4) is 17.6 Å². The highest BCUT2D eigenvalue weighted by Gasteiger charge is 2.16. The Morgan fingerprint density at radius 2 is 2.03 bits per heavy atom. The van der Waals surface area contributed by atoms with Crippen molar-refractivity contribution in [1.29, 1.82) is 5.26 Å². The zero-order valence-electron chi connectivity index (χ0n) is 19.0. The van der Waals surface area contributed by atoms with Crippen LogP contribution in [0.4, 0.5) is 11.4 Å². The van der Waals surface area contributed by atoms with Crippen molar-refractivity contribution in [3.63, 3.8) is 0 Å². The molecule has 172 valence electrons. The lowest BCUT2D eigenvalue weighted by Gasteiger charge is -2.18. The Kier molecular flexibility index (Phi) is 8.44. The van der Waals surface area contributed by atoms with E-state index in [9.17, 15) is 4.79 Å². The third kappa shape index (κ3) is 6.11. The molecule has 2 aromatic carbocycles. The standard InChI is InChI=1S/C25H29N5O3/c1-3-17-7-4-5-8-20(17)30-25-18(13-24(27)31)16-29-21-15-22(32-2)23(14-19(21)25)33-12-6-10-28-11-9-26/h4-5,7-8,14-16,28H,3,6,10-13H2,1-2H3,(H2,27,31)(H,29,30). The average molecular weight is 448 g/mol. The predicted molar refractivity (Wildman–Crippen MR) is 129 cm³/mol. The number of nitrogens with two attached hydrogens (primary N) is 1. The number of nitrogens with one attached hydrogen (secondary N) is 2. The summed E-state index contributed by atoms with van der Waals surface area (Å²) < 4.78 is 11.5. The molecule has 0 atom stereocenters. The predicted octanol–water partition coefficient (Wildman–Crippen LogP) is 3.46. The van der Waals surface area contributed by atoms with E-state index in [1.54, 1.807) is 13.3 Å². The molecule has 8 heteroatoms. The highest BCUT2D eigenvalue weighted by atomic mass is 16.5. The summed E-state index contributed by atoms with van der Waals surface area (Å²) in [6, 6.07) is 13.8. The number of benzene rings is 2. The number of carbonyl (C=O) groups excluding carboxylic acids is 1. The molecular weight excluding hydrogens is 418 g/mol. The molecule has 4 N–H and O–H groups in total. The van der Waals surface area contributed by atoms with E-state index in [4.69, 9.17) is 20.5 Å². The molecule has 0 bridgehead atoms. The normalized spacial score (nSPS) is 10.6. The molecule has 0 fully saturated rings. The number of rotatable bonds is 12. The fourth-order valence-corrected chi connectivity index (χ4v) is 3.59. The smallest absolute Gasteiger partial charge is 0.221 e. The van der Waals surface area contributed by atoms with E-state index < -0.39 is 5.91 Å². The van der Waals surface area contributed by atoms with Crippen LogP contribution >= 0.6 is 0 Å². The van der Waals surface area contributed by atoms with Gasteiger partial charge in [0, 0.05) is 28.9 Å². The monoisotopic (exact) mass is 447 g/mol. The number of pyridine rings is 1. The molecule has 3 rings (SSSR count). The van der Waals surface area contributed by atoms with Crippen LogP contribution < -0.4 is 25.8 Å². The van der Waals surface area contributed by atoms with Gasteiger partial charge in [-0.25, -0.2) is 0 Å². The second kappa shape index (κ2) is 11.7. The third-order valence-corrected chi connectivity index (χ3v) is 5.21. The van der Waals surface area contributed by atoms with Gasteiger partial charge in [0.1, 0.15) is 0 Å². The SMILES string of the molecule is CCc1ccccc1Nc1c(CC(N)=O)cnc2cc(OC)c(OCCCNCC#N)cc12. The zero-order chi connectivity index (χ0) is 23.6. The van der Waals surface area contributed by atoms with E-state index >= 15 is 0 Å². The summed E-state index contributed by atoms with van der Waals surface area (Å²) in [5.41, 5.74) is 9.81. The largest absolute Gasteiger partial charge is 0.493 e. The first-order valence-corrected chi connectivity index (χ1v) is 10.9. The molecule has 1 aromatic heterocycles. The number of aryl methyl sites for hydroxylation is 1. The lowest BCUT2D eigenvalue weighted by atomic mass is 10.0. The number of methoxy groups -OCH3 is 1. The topological polar surface area (TPSA) is 122 Å². The second-order valence-electron chi connectivity index (χ2n) is 7.49. The Balaban J connectivity index is 2.01. The van der Waals surface area contributed by atoms with Crippen molar-refractivity contribution >= 4 is 28.2 Å². The maximum atomic E-state index is 11.7. The summed E-state index contributed by atoms with van der Waals surface area (Å²) in [6.07, 6.45) is 3.33. The lowest BCUT2D eigenvalue weighted by molar-refractivity contribution is -0.117. The van der Waals surface area contributed by atoms with Gasteiger partial charge in [0.15, 0.2) is 11.5 Å². The van der Waals surface area contributed by atoms with E-state index in [1.807, 2.05) is 36.4 Å². The van der Waals surface area contributed by atoms with E-state index in [0.717, 1.165) is 35.2 Å². The van der Waals surface area contributed by atoms with E-state index in [0.29, 0.717) is 42.3 Å². The summed E-state index contributed by atoms with van der Waals surface area (Å²) in [5.74, 6) is 0.718. The number of primary amides is 1. The summed E-state index contributed by atoms with van der Waals surface area (Å²) in [4.78, 5) is 16.3. The van der Waals surface area contributed by atoms with Crippen LogP contribution in [-0.2, 0) is 17.6 Å². The van der Waals surface area contributed by atoms with Crippen LogP contribution in [0.1, 0.15) is 24.5 Å². The number of nitriles is 1. The van der Waals surface area contributed by atoms with Gasteiger partial charge < -0.3 is 25.8 Å². The van der Waals surface area contributed by atoms with E-state index in [1.165, 1.54) is 0 Å². The minimum atomic E-state index is -0.433. The molecule has 3 aromatic rings. The van der Waals surface area contributed by atoms with Crippen molar-refractivity contribution in [2.24, 2.45) is 5.73 Å². The van der Waals surface area contributed by atoms with Crippen LogP contribution in [0.2, 0.25) is 0 Å². The van der Waals surface area contributed by atoms with Gasteiger partial charge in [-0.15, -0.1) is 0 Å². The number of nitrogens with zero attached hydrogens (tertiary/aromatic N) is 2.